The van der Waals surface area contributed by atoms with Crippen molar-refractivity contribution < 1.29 is 0 Å². The molecule has 0 spiro atoms. The van der Waals surface area contributed by atoms with E-state index in [0.29, 0.717) is 11.4 Å². The summed E-state index contributed by atoms with van der Waals surface area (Å²) >= 11 is 3.30. The molecule has 2 aromatic rings. The molecule has 17 heavy (non-hydrogen) atoms. The van der Waals surface area contributed by atoms with Crippen molar-refractivity contribution in [3.63, 3.8) is 0 Å². The van der Waals surface area contributed by atoms with Crippen LogP contribution in [-0.4, -0.2) is 4.98 Å². The molecule has 1 aromatic carbocycles. The van der Waals surface area contributed by atoms with Crippen LogP contribution in [0.3, 0.4) is 0 Å². The molecule has 2 rings (SSSR count). The number of aromatic nitrogens is 1. The molecule has 0 aliphatic heterocycles. The molecule has 0 unspecified atom stereocenters. The standard InChI is InChI=1S/C13H10BrN3/c1-9-4-2-3-5-12(9)17-13-10(7-15)6-11(14)8-16-13/h2-6,8H,1H3,(H,16,17). The Balaban J connectivity index is 2.37. The summed E-state index contributed by atoms with van der Waals surface area (Å²) in [7, 11) is 0. The van der Waals surface area contributed by atoms with Gasteiger partial charge in [-0.3, -0.25) is 0 Å². The smallest absolute Gasteiger partial charge is 0.148 e. The first-order valence-electron chi connectivity index (χ1n) is 5.09. The number of para-hydroxylation sites is 1. The van der Waals surface area contributed by atoms with E-state index < -0.39 is 0 Å². The third kappa shape index (κ3) is 2.63. The summed E-state index contributed by atoms with van der Waals surface area (Å²) in [5.41, 5.74) is 2.59. The van der Waals surface area contributed by atoms with E-state index in [9.17, 15) is 0 Å². The third-order valence-electron chi connectivity index (χ3n) is 2.37. The minimum Gasteiger partial charge on any atom is -0.339 e. The Kier molecular flexibility index (Phi) is 3.40. The van der Waals surface area contributed by atoms with Crippen molar-refractivity contribution in [2.75, 3.05) is 5.32 Å². The van der Waals surface area contributed by atoms with E-state index in [0.717, 1.165) is 15.7 Å². The highest BCUT2D eigenvalue weighted by Gasteiger charge is 2.05. The molecule has 0 saturated heterocycles. The third-order valence-corrected chi connectivity index (χ3v) is 2.81. The first-order valence-corrected chi connectivity index (χ1v) is 5.88. The topological polar surface area (TPSA) is 48.7 Å². The van der Waals surface area contributed by atoms with Crippen molar-refractivity contribution >= 4 is 27.4 Å². The lowest BCUT2D eigenvalue weighted by molar-refractivity contribution is 1.26. The average Bonchev–Trinajstić information content (AvgIpc) is 2.34. The molecular weight excluding hydrogens is 278 g/mol. The number of nitriles is 1. The molecule has 0 atom stereocenters. The molecule has 84 valence electrons. The van der Waals surface area contributed by atoms with E-state index >= 15 is 0 Å². The molecule has 0 aliphatic rings. The second-order valence-corrected chi connectivity index (χ2v) is 4.52. The number of aryl methyl sites for hydroxylation is 1. The number of nitrogens with zero attached hydrogens (tertiary/aromatic N) is 2. The van der Waals surface area contributed by atoms with Crippen LogP contribution >= 0.6 is 15.9 Å². The van der Waals surface area contributed by atoms with Crippen LogP contribution in [0.1, 0.15) is 11.1 Å². The van der Waals surface area contributed by atoms with Crippen molar-refractivity contribution in [3.8, 4) is 6.07 Å². The highest BCUT2D eigenvalue weighted by Crippen LogP contribution is 2.23. The fourth-order valence-electron chi connectivity index (χ4n) is 1.46. The van der Waals surface area contributed by atoms with Gasteiger partial charge in [-0.25, -0.2) is 4.98 Å². The van der Waals surface area contributed by atoms with Gasteiger partial charge >= 0.3 is 0 Å². The van der Waals surface area contributed by atoms with Gasteiger partial charge in [0.1, 0.15) is 11.9 Å². The Labute approximate surface area is 108 Å². The van der Waals surface area contributed by atoms with Gasteiger partial charge in [-0.2, -0.15) is 5.26 Å². The van der Waals surface area contributed by atoms with Crippen LogP contribution in [-0.2, 0) is 0 Å². The molecule has 3 nitrogen and oxygen atoms in total. The Morgan fingerprint density at radius 1 is 1.35 bits per heavy atom. The van der Waals surface area contributed by atoms with Gasteiger partial charge in [0.15, 0.2) is 0 Å². The van der Waals surface area contributed by atoms with Crippen LogP contribution in [0.5, 0.6) is 0 Å². The SMILES string of the molecule is Cc1ccccc1Nc1ncc(Br)cc1C#N. The van der Waals surface area contributed by atoms with Gasteiger partial charge in [-0.1, -0.05) is 18.2 Å². The zero-order valence-corrected chi connectivity index (χ0v) is 10.8. The van der Waals surface area contributed by atoms with Crippen LogP contribution < -0.4 is 5.32 Å². The fourth-order valence-corrected chi connectivity index (χ4v) is 1.80. The first kappa shape index (κ1) is 11.6. The van der Waals surface area contributed by atoms with E-state index in [1.807, 2.05) is 31.2 Å². The van der Waals surface area contributed by atoms with E-state index in [1.54, 1.807) is 12.3 Å². The quantitative estimate of drug-likeness (QED) is 0.915. The van der Waals surface area contributed by atoms with Gasteiger partial charge in [0.2, 0.25) is 0 Å². The van der Waals surface area contributed by atoms with E-state index in [-0.39, 0.29) is 0 Å². The lowest BCUT2D eigenvalue weighted by Gasteiger charge is -2.09. The maximum Gasteiger partial charge on any atom is 0.148 e. The minimum atomic E-state index is 0.516. The normalized spacial score (nSPS) is 9.71. The van der Waals surface area contributed by atoms with Gasteiger partial charge < -0.3 is 5.32 Å². The van der Waals surface area contributed by atoms with Crippen LogP contribution in [0, 0.1) is 18.3 Å². The summed E-state index contributed by atoms with van der Waals surface area (Å²) in [5, 5.41) is 12.2. The Hall–Kier alpha value is -1.86. The molecule has 4 heteroatoms. The van der Waals surface area contributed by atoms with Gasteiger partial charge in [0, 0.05) is 16.4 Å². The maximum atomic E-state index is 9.04. The van der Waals surface area contributed by atoms with Crippen molar-refractivity contribution in [2.45, 2.75) is 6.92 Å². The highest BCUT2D eigenvalue weighted by atomic mass is 79.9. The Morgan fingerprint density at radius 3 is 2.82 bits per heavy atom. The Morgan fingerprint density at radius 2 is 2.12 bits per heavy atom. The predicted octanol–water partition coefficient (Wildman–Crippen LogP) is 3.77. The second-order valence-electron chi connectivity index (χ2n) is 3.60. The molecular formula is C13H10BrN3. The van der Waals surface area contributed by atoms with Crippen molar-refractivity contribution in [2.24, 2.45) is 0 Å². The van der Waals surface area contributed by atoms with Crippen LogP contribution in [0.2, 0.25) is 0 Å². The number of benzene rings is 1. The summed E-state index contributed by atoms with van der Waals surface area (Å²) in [4.78, 5) is 4.20. The van der Waals surface area contributed by atoms with Crippen molar-refractivity contribution in [1.29, 1.82) is 5.26 Å². The highest BCUT2D eigenvalue weighted by molar-refractivity contribution is 9.10. The van der Waals surface area contributed by atoms with Crippen molar-refractivity contribution in [3.05, 3.63) is 52.1 Å². The number of nitrogens with one attached hydrogen (secondary N) is 1. The zero-order valence-electron chi connectivity index (χ0n) is 9.24. The summed E-state index contributed by atoms with van der Waals surface area (Å²) in [6.45, 7) is 2.01. The van der Waals surface area contributed by atoms with Crippen LogP contribution in [0.15, 0.2) is 41.0 Å². The molecule has 1 heterocycles. The molecule has 0 saturated carbocycles. The number of rotatable bonds is 2. The van der Waals surface area contributed by atoms with Crippen molar-refractivity contribution in [1.82, 2.24) is 4.98 Å². The number of hydrogen-bond acceptors (Lipinski definition) is 3. The summed E-state index contributed by atoms with van der Waals surface area (Å²) in [6, 6.07) is 11.7. The summed E-state index contributed by atoms with van der Waals surface area (Å²) in [5.74, 6) is 0.574. The zero-order chi connectivity index (χ0) is 12.3. The minimum absolute atomic E-state index is 0.516. The van der Waals surface area contributed by atoms with E-state index in [1.165, 1.54) is 0 Å². The molecule has 0 fully saturated rings. The molecule has 0 amide bonds. The monoisotopic (exact) mass is 287 g/mol. The Bertz CT molecular complexity index is 587. The lowest BCUT2D eigenvalue weighted by Crippen LogP contribution is -1.98. The van der Waals surface area contributed by atoms with Gasteiger partial charge in [-0.05, 0) is 40.5 Å². The second kappa shape index (κ2) is 4.98. The van der Waals surface area contributed by atoms with Gasteiger partial charge in [-0.15, -0.1) is 0 Å². The van der Waals surface area contributed by atoms with Gasteiger partial charge in [0.25, 0.3) is 0 Å². The summed E-state index contributed by atoms with van der Waals surface area (Å²) in [6.07, 6.45) is 1.67. The largest absolute Gasteiger partial charge is 0.339 e. The summed E-state index contributed by atoms with van der Waals surface area (Å²) < 4.78 is 0.796. The molecule has 1 aromatic heterocycles. The molecule has 0 bridgehead atoms. The fraction of sp³-hybridized carbons (Fsp3) is 0.0769. The number of anilines is 2. The maximum absolute atomic E-state index is 9.04. The first-order chi connectivity index (χ1) is 8.20. The molecule has 0 radical (unpaired) electrons. The number of pyridine rings is 1. The molecule has 1 N–H and O–H groups in total. The van der Waals surface area contributed by atoms with E-state index in [4.69, 9.17) is 5.26 Å². The number of hydrogen-bond donors (Lipinski definition) is 1. The van der Waals surface area contributed by atoms with Gasteiger partial charge in [0.05, 0.1) is 5.56 Å². The molecule has 0 aliphatic carbocycles. The van der Waals surface area contributed by atoms with E-state index in [2.05, 4.69) is 32.3 Å². The van der Waals surface area contributed by atoms with Crippen LogP contribution in [0.4, 0.5) is 11.5 Å². The average molecular weight is 288 g/mol. The lowest BCUT2D eigenvalue weighted by atomic mass is 10.2. The number of halogens is 1. The van der Waals surface area contributed by atoms with Crippen LogP contribution in [0.25, 0.3) is 0 Å². The predicted molar refractivity (Wildman–Crippen MR) is 71.1 cm³/mol.